The van der Waals surface area contributed by atoms with Gasteiger partial charge in [0, 0.05) is 24.8 Å². The summed E-state index contributed by atoms with van der Waals surface area (Å²) in [7, 11) is 0. The van der Waals surface area contributed by atoms with Gasteiger partial charge in [0.05, 0.1) is 18.8 Å². The SMILES string of the molecule is O=C1CNCCN1c1ccc(-c2ccc3c(c2)OC[C@H]2[C@H](CO)OC(=O)N32)cn1. The van der Waals surface area contributed by atoms with E-state index >= 15 is 0 Å². The minimum absolute atomic E-state index is 0.00641. The number of carbonyl (C=O) groups is 2. The third-order valence-electron chi connectivity index (χ3n) is 5.47. The average molecular weight is 396 g/mol. The van der Waals surface area contributed by atoms with Gasteiger partial charge in [0.1, 0.15) is 24.2 Å². The van der Waals surface area contributed by atoms with Crippen LogP contribution in [0, 0.1) is 0 Å². The van der Waals surface area contributed by atoms with E-state index in [0.717, 1.165) is 17.7 Å². The number of aliphatic hydroxyl groups excluding tert-OH is 1. The lowest BCUT2D eigenvalue weighted by molar-refractivity contribution is -0.118. The largest absolute Gasteiger partial charge is 0.489 e. The van der Waals surface area contributed by atoms with Gasteiger partial charge in [0.15, 0.2) is 6.10 Å². The fraction of sp³-hybridized carbons (Fsp3) is 0.350. The van der Waals surface area contributed by atoms with Crippen LogP contribution in [0.4, 0.5) is 16.3 Å². The Hall–Kier alpha value is -3.17. The normalized spacial score (nSPS) is 23.3. The molecule has 9 heteroatoms. The fourth-order valence-electron chi connectivity index (χ4n) is 3.93. The molecule has 0 saturated carbocycles. The molecule has 9 nitrogen and oxygen atoms in total. The van der Waals surface area contributed by atoms with Gasteiger partial charge in [-0.15, -0.1) is 0 Å². The summed E-state index contributed by atoms with van der Waals surface area (Å²) in [5, 5.41) is 12.4. The van der Waals surface area contributed by atoms with Crippen molar-refractivity contribution in [3.63, 3.8) is 0 Å². The summed E-state index contributed by atoms with van der Waals surface area (Å²) >= 11 is 0. The summed E-state index contributed by atoms with van der Waals surface area (Å²) in [5.41, 5.74) is 2.39. The summed E-state index contributed by atoms with van der Waals surface area (Å²) in [4.78, 5) is 31.9. The minimum Gasteiger partial charge on any atom is -0.489 e. The van der Waals surface area contributed by atoms with Gasteiger partial charge in [-0.3, -0.25) is 14.6 Å². The molecule has 4 heterocycles. The van der Waals surface area contributed by atoms with Gasteiger partial charge in [-0.25, -0.2) is 9.78 Å². The first-order chi connectivity index (χ1) is 14.2. The minimum atomic E-state index is -0.584. The van der Waals surface area contributed by atoms with Crippen LogP contribution in [0.1, 0.15) is 0 Å². The van der Waals surface area contributed by atoms with Gasteiger partial charge < -0.3 is 19.9 Å². The first-order valence-electron chi connectivity index (χ1n) is 9.51. The molecule has 0 aliphatic carbocycles. The van der Waals surface area contributed by atoms with Gasteiger partial charge in [-0.2, -0.15) is 0 Å². The third-order valence-corrected chi connectivity index (χ3v) is 5.47. The Morgan fingerprint density at radius 3 is 2.83 bits per heavy atom. The highest BCUT2D eigenvalue weighted by Crippen LogP contribution is 2.41. The molecule has 1 aromatic carbocycles. The van der Waals surface area contributed by atoms with Crippen molar-refractivity contribution in [1.29, 1.82) is 0 Å². The number of hydrogen-bond acceptors (Lipinski definition) is 7. The molecule has 2 fully saturated rings. The summed E-state index contributed by atoms with van der Waals surface area (Å²) in [5.74, 6) is 1.22. The van der Waals surface area contributed by atoms with Crippen molar-refractivity contribution < 1.29 is 24.2 Å². The molecular formula is C20H20N4O5. The van der Waals surface area contributed by atoms with Gasteiger partial charge in [-0.05, 0) is 29.8 Å². The molecule has 150 valence electrons. The van der Waals surface area contributed by atoms with Crippen molar-refractivity contribution in [1.82, 2.24) is 10.3 Å². The molecule has 0 unspecified atom stereocenters. The van der Waals surface area contributed by atoms with Crippen LogP contribution in [0.25, 0.3) is 11.1 Å². The Bertz CT molecular complexity index is 964. The summed E-state index contributed by atoms with van der Waals surface area (Å²) in [6, 6.07) is 8.97. The number of nitrogens with zero attached hydrogens (tertiary/aromatic N) is 3. The van der Waals surface area contributed by atoms with Crippen molar-refractivity contribution in [3.05, 3.63) is 36.5 Å². The lowest BCUT2D eigenvalue weighted by Gasteiger charge is -2.31. The molecule has 1 aromatic heterocycles. The second-order valence-corrected chi connectivity index (χ2v) is 7.16. The maximum absolute atomic E-state index is 12.2. The van der Waals surface area contributed by atoms with Crippen LogP contribution in [-0.2, 0) is 9.53 Å². The second-order valence-electron chi connectivity index (χ2n) is 7.16. The van der Waals surface area contributed by atoms with Crippen molar-refractivity contribution >= 4 is 23.5 Å². The molecule has 0 spiro atoms. The molecular weight excluding hydrogens is 376 g/mol. The van der Waals surface area contributed by atoms with E-state index in [1.165, 1.54) is 0 Å². The molecule has 0 radical (unpaired) electrons. The Labute approximate surface area is 166 Å². The lowest BCUT2D eigenvalue weighted by atomic mass is 10.0. The van der Waals surface area contributed by atoms with E-state index in [1.807, 2.05) is 30.3 Å². The van der Waals surface area contributed by atoms with E-state index < -0.39 is 12.2 Å². The smallest absolute Gasteiger partial charge is 0.415 e. The van der Waals surface area contributed by atoms with Crippen LogP contribution in [-0.4, -0.2) is 67.1 Å². The van der Waals surface area contributed by atoms with Gasteiger partial charge in [0.25, 0.3) is 0 Å². The highest BCUT2D eigenvalue weighted by molar-refractivity contribution is 5.95. The maximum Gasteiger partial charge on any atom is 0.415 e. The number of piperazine rings is 1. The van der Waals surface area contributed by atoms with Crippen LogP contribution in [0.5, 0.6) is 5.75 Å². The van der Waals surface area contributed by atoms with Crippen molar-refractivity contribution in [2.45, 2.75) is 12.1 Å². The molecule has 2 aromatic rings. The van der Waals surface area contributed by atoms with E-state index in [0.29, 0.717) is 30.3 Å². The number of aromatic nitrogens is 1. The first kappa shape index (κ1) is 17.9. The Kier molecular flexibility index (Phi) is 4.33. The van der Waals surface area contributed by atoms with E-state index in [2.05, 4.69) is 10.3 Å². The van der Waals surface area contributed by atoms with Crippen LogP contribution >= 0.6 is 0 Å². The quantitative estimate of drug-likeness (QED) is 0.789. The maximum atomic E-state index is 12.2. The average Bonchev–Trinajstić information content (AvgIpc) is 3.10. The number of hydrogen-bond donors (Lipinski definition) is 2. The van der Waals surface area contributed by atoms with Gasteiger partial charge >= 0.3 is 6.09 Å². The van der Waals surface area contributed by atoms with Crippen LogP contribution < -0.4 is 19.9 Å². The van der Waals surface area contributed by atoms with Gasteiger partial charge in [-0.1, -0.05) is 6.07 Å². The van der Waals surface area contributed by atoms with Gasteiger partial charge in [0.2, 0.25) is 5.91 Å². The molecule has 5 rings (SSSR count). The van der Waals surface area contributed by atoms with Crippen molar-refractivity contribution in [2.75, 3.05) is 42.6 Å². The highest BCUT2D eigenvalue weighted by Gasteiger charge is 2.46. The van der Waals surface area contributed by atoms with Crippen LogP contribution in [0.2, 0.25) is 0 Å². The second kappa shape index (κ2) is 7.02. The van der Waals surface area contributed by atoms with E-state index in [4.69, 9.17) is 9.47 Å². The Morgan fingerprint density at radius 2 is 2.07 bits per heavy atom. The standard InChI is InChI=1S/C20H20N4O5/c25-10-17-15-11-28-16-7-12(1-3-14(16)24(15)20(27)29-17)13-2-4-18(22-8-13)23-6-5-21-9-19(23)26/h1-4,7-8,15,17,21,25H,5-6,9-11H2/t15-,17-/m0/s1. The molecule has 0 bridgehead atoms. The molecule has 3 aliphatic rings. The number of benzene rings is 1. The molecule has 2 N–H and O–H groups in total. The number of ether oxygens (including phenoxy) is 2. The summed E-state index contributed by atoms with van der Waals surface area (Å²) in [6.07, 6.45) is 0.669. The fourth-order valence-corrected chi connectivity index (χ4v) is 3.93. The Morgan fingerprint density at radius 1 is 1.21 bits per heavy atom. The molecule has 3 aliphatic heterocycles. The zero-order valence-corrected chi connectivity index (χ0v) is 15.6. The van der Waals surface area contributed by atoms with Crippen molar-refractivity contribution in [3.8, 4) is 16.9 Å². The van der Waals surface area contributed by atoms with E-state index in [9.17, 15) is 14.7 Å². The number of nitrogens with one attached hydrogen (secondary N) is 1. The number of carbonyl (C=O) groups excluding carboxylic acids is 2. The monoisotopic (exact) mass is 396 g/mol. The van der Waals surface area contributed by atoms with Crippen molar-refractivity contribution in [2.24, 2.45) is 0 Å². The summed E-state index contributed by atoms with van der Waals surface area (Å²) < 4.78 is 11.1. The molecule has 2 atom stereocenters. The zero-order valence-electron chi connectivity index (χ0n) is 15.6. The zero-order chi connectivity index (χ0) is 20.0. The third kappa shape index (κ3) is 2.99. The Balaban J connectivity index is 1.41. The van der Waals surface area contributed by atoms with Crippen LogP contribution in [0.15, 0.2) is 36.5 Å². The summed E-state index contributed by atoms with van der Waals surface area (Å²) in [6.45, 7) is 1.68. The van der Waals surface area contributed by atoms with Crippen LogP contribution in [0.3, 0.4) is 0 Å². The molecule has 2 amide bonds. The number of cyclic esters (lactones) is 1. The predicted molar refractivity (Wildman–Crippen MR) is 104 cm³/mol. The number of anilines is 2. The number of aliphatic hydroxyl groups is 1. The lowest BCUT2D eigenvalue weighted by Crippen LogP contribution is -2.48. The predicted octanol–water partition coefficient (Wildman–Crippen LogP) is 0.763. The molecule has 2 saturated heterocycles. The highest BCUT2D eigenvalue weighted by atomic mass is 16.6. The number of rotatable bonds is 3. The number of pyridine rings is 1. The number of fused-ring (bicyclic) bond motifs is 3. The van der Waals surface area contributed by atoms with E-state index in [1.54, 1.807) is 16.0 Å². The topological polar surface area (TPSA) is 104 Å². The van der Waals surface area contributed by atoms with E-state index in [-0.39, 0.29) is 25.2 Å². The molecule has 29 heavy (non-hydrogen) atoms. The first-order valence-corrected chi connectivity index (χ1v) is 9.51. The number of amides is 2.